The van der Waals surface area contributed by atoms with E-state index < -0.39 is 12.0 Å². The summed E-state index contributed by atoms with van der Waals surface area (Å²) in [7, 11) is 1.28. The first-order valence-corrected chi connectivity index (χ1v) is 3.68. The standard InChI is InChI=1S/C8H8F2N2O2/c1-14-6-2-4(7(9)10)5(3-13)8(11)12-6/h2-3,7H,1H3,(H2,11,12). The van der Waals surface area contributed by atoms with Crippen LogP contribution in [0.25, 0.3) is 0 Å². The largest absolute Gasteiger partial charge is 0.481 e. The minimum absolute atomic E-state index is 0.0385. The van der Waals surface area contributed by atoms with Gasteiger partial charge in [0.2, 0.25) is 5.88 Å². The molecule has 0 aromatic carbocycles. The number of hydrogen-bond donors (Lipinski definition) is 1. The van der Waals surface area contributed by atoms with Crippen molar-refractivity contribution in [3.05, 3.63) is 17.2 Å². The molecule has 0 radical (unpaired) electrons. The normalized spacial score (nSPS) is 10.3. The summed E-state index contributed by atoms with van der Waals surface area (Å²) in [6, 6.07) is 0.991. The Morgan fingerprint density at radius 2 is 2.29 bits per heavy atom. The lowest BCUT2D eigenvalue weighted by atomic mass is 10.1. The van der Waals surface area contributed by atoms with Crippen LogP contribution >= 0.6 is 0 Å². The summed E-state index contributed by atoms with van der Waals surface area (Å²) in [6.45, 7) is 0. The Bertz CT molecular complexity index is 355. The lowest BCUT2D eigenvalue weighted by molar-refractivity contribution is 0.110. The van der Waals surface area contributed by atoms with Gasteiger partial charge in [0.25, 0.3) is 6.43 Å². The molecule has 6 heteroatoms. The summed E-state index contributed by atoms with van der Waals surface area (Å²) in [5.41, 5.74) is 4.53. The average Bonchev–Trinajstić information content (AvgIpc) is 2.16. The van der Waals surface area contributed by atoms with E-state index in [9.17, 15) is 13.6 Å². The number of nitrogens with two attached hydrogens (primary N) is 1. The molecule has 0 unspecified atom stereocenters. The number of pyridine rings is 1. The van der Waals surface area contributed by atoms with Gasteiger partial charge in [-0.2, -0.15) is 4.98 Å². The Hall–Kier alpha value is -1.72. The fourth-order valence-electron chi connectivity index (χ4n) is 0.983. The number of aromatic nitrogens is 1. The van der Waals surface area contributed by atoms with Crippen molar-refractivity contribution in [3.8, 4) is 5.88 Å². The molecule has 4 nitrogen and oxygen atoms in total. The molecule has 1 heterocycles. The van der Waals surface area contributed by atoms with Gasteiger partial charge in [-0.1, -0.05) is 0 Å². The van der Waals surface area contributed by atoms with Crippen LogP contribution in [-0.4, -0.2) is 18.4 Å². The number of anilines is 1. The summed E-state index contributed by atoms with van der Waals surface area (Å²) < 4.78 is 29.5. The van der Waals surface area contributed by atoms with E-state index in [2.05, 4.69) is 9.72 Å². The quantitative estimate of drug-likeness (QED) is 0.753. The zero-order valence-electron chi connectivity index (χ0n) is 7.33. The third-order valence-corrected chi connectivity index (χ3v) is 1.66. The molecule has 0 atom stereocenters. The van der Waals surface area contributed by atoms with Crippen LogP contribution < -0.4 is 10.5 Å². The molecule has 2 N–H and O–H groups in total. The molecule has 1 rings (SSSR count). The highest BCUT2D eigenvalue weighted by molar-refractivity contribution is 5.84. The Labute approximate surface area is 78.7 Å². The maximum Gasteiger partial charge on any atom is 0.264 e. The highest BCUT2D eigenvalue weighted by Gasteiger charge is 2.17. The molecule has 0 bridgehead atoms. The van der Waals surface area contributed by atoms with E-state index in [0.29, 0.717) is 0 Å². The molecule has 0 fully saturated rings. The lowest BCUT2D eigenvalue weighted by Crippen LogP contribution is -2.04. The van der Waals surface area contributed by atoms with Gasteiger partial charge in [-0.15, -0.1) is 0 Å². The number of rotatable bonds is 3. The number of ether oxygens (including phenoxy) is 1. The maximum absolute atomic E-state index is 12.4. The fourth-order valence-corrected chi connectivity index (χ4v) is 0.983. The van der Waals surface area contributed by atoms with Gasteiger partial charge in [-0.25, -0.2) is 8.78 Å². The van der Waals surface area contributed by atoms with Gasteiger partial charge in [-0.05, 0) is 0 Å². The molecule has 0 aliphatic heterocycles. The first-order valence-electron chi connectivity index (χ1n) is 3.68. The van der Waals surface area contributed by atoms with Crippen LogP contribution in [0.4, 0.5) is 14.6 Å². The van der Waals surface area contributed by atoms with Crippen LogP contribution in [0.2, 0.25) is 0 Å². The van der Waals surface area contributed by atoms with Crippen LogP contribution in [0.3, 0.4) is 0 Å². The van der Waals surface area contributed by atoms with E-state index in [1.807, 2.05) is 0 Å². The summed E-state index contributed by atoms with van der Waals surface area (Å²) in [5, 5.41) is 0. The number of aldehydes is 1. The number of nitrogen functional groups attached to an aromatic ring is 1. The molecule has 0 saturated carbocycles. The van der Waals surface area contributed by atoms with E-state index in [1.54, 1.807) is 0 Å². The smallest absolute Gasteiger partial charge is 0.264 e. The lowest BCUT2D eigenvalue weighted by Gasteiger charge is -2.08. The topological polar surface area (TPSA) is 65.2 Å². The number of hydrogen-bond acceptors (Lipinski definition) is 4. The van der Waals surface area contributed by atoms with Crippen LogP contribution in [0.1, 0.15) is 22.3 Å². The fraction of sp³-hybridized carbons (Fsp3) is 0.250. The van der Waals surface area contributed by atoms with Gasteiger partial charge in [0.05, 0.1) is 12.7 Å². The van der Waals surface area contributed by atoms with E-state index in [-0.39, 0.29) is 23.5 Å². The van der Waals surface area contributed by atoms with Crippen LogP contribution in [0, 0.1) is 0 Å². The highest BCUT2D eigenvalue weighted by atomic mass is 19.3. The van der Waals surface area contributed by atoms with Crippen molar-refractivity contribution in [2.45, 2.75) is 6.43 Å². The second-order valence-electron chi connectivity index (χ2n) is 2.47. The zero-order valence-corrected chi connectivity index (χ0v) is 7.33. The molecule has 14 heavy (non-hydrogen) atoms. The second-order valence-corrected chi connectivity index (χ2v) is 2.47. The molecule has 0 aliphatic rings. The van der Waals surface area contributed by atoms with Crippen molar-refractivity contribution in [3.63, 3.8) is 0 Å². The second kappa shape index (κ2) is 3.99. The SMILES string of the molecule is COc1cc(C(F)F)c(C=O)c(N)n1. The Morgan fingerprint density at radius 1 is 1.64 bits per heavy atom. The molecule has 1 aromatic heterocycles. The minimum Gasteiger partial charge on any atom is -0.481 e. The first kappa shape index (κ1) is 10.4. The summed E-state index contributed by atoms with van der Waals surface area (Å²) >= 11 is 0. The van der Waals surface area contributed by atoms with Crippen molar-refractivity contribution in [1.82, 2.24) is 4.98 Å². The number of carbonyl (C=O) groups excluding carboxylic acids is 1. The highest BCUT2D eigenvalue weighted by Crippen LogP contribution is 2.27. The third kappa shape index (κ3) is 1.78. The van der Waals surface area contributed by atoms with Gasteiger partial charge in [0, 0.05) is 11.6 Å². The van der Waals surface area contributed by atoms with Gasteiger partial charge < -0.3 is 10.5 Å². The van der Waals surface area contributed by atoms with Crippen molar-refractivity contribution >= 4 is 12.1 Å². The monoisotopic (exact) mass is 202 g/mol. The van der Waals surface area contributed by atoms with Gasteiger partial charge in [-0.3, -0.25) is 4.79 Å². The number of carbonyl (C=O) groups is 1. The van der Waals surface area contributed by atoms with Crippen LogP contribution in [0.15, 0.2) is 6.07 Å². The van der Waals surface area contributed by atoms with E-state index >= 15 is 0 Å². The molecule has 0 aliphatic carbocycles. The van der Waals surface area contributed by atoms with Crippen molar-refractivity contribution in [2.24, 2.45) is 0 Å². The average molecular weight is 202 g/mol. The predicted octanol–water partition coefficient (Wildman–Crippen LogP) is 1.42. The number of halogens is 2. The van der Waals surface area contributed by atoms with Gasteiger partial charge >= 0.3 is 0 Å². The maximum atomic E-state index is 12.4. The van der Waals surface area contributed by atoms with Crippen LogP contribution in [0.5, 0.6) is 5.88 Å². The van der Waals surface area contributed by atoms with E-state index in [1.165, 1.54) is 7.11 Å². The number of nitrogens with zero attached hydrogens (tertiary/aromatic N) is 1. The van der Waals surface area contributed by atoms with Crippen molar-refractivity contribution in [2.75, 3.05) is 12.8 Å². The van der Waals surface area contributed by atoms with E-state index in [0.717, 1.165) is 6.07 Å². The minimum atomic E-state index is -2.78. The third-order valence-electron chi connectivity index (χ3n) is 1.66. The van der Waals surface area contributed by atoms with Gasteiger partial charge in [0.15, 0.2) is 6.29 Å². The Balaban J connectivity index is 3.35. The molecule has 0 saturated heterocycles. The predicted molar refractivity (Wildman–Crippen MR) is 45.5 cm³/mol. The first-order chi connectivity index (χ1) is 6.60. The molecule has 0 spiro atoms. The molecular weight excluding hydrogens is 194 g/mol. The summed E-state index contributed by atoms with van der Waals surface area (Å²) in [4.78, 5) is 14.1. The van der Waals surface area contributed by atoms with Gasteiger partial charge in [0.1, 0.15) is 5.82 Å². The van der Waals surface area contributed by atoms with Crippen molar-refractivity contribution < 1.29 is 18.3 Å². The Kier molecular flexibility index (Phi) is 2.95. The number of methoxy groups -OCH3 is 1. The number of alkyl halides is 2. The molecular formula is C8H8F2N2O2. The molecule has 1 aromatic rings. The molecule has 0 amide bonds. The zero-order chi connectivity index (χ0) is 10.7. The summed E-state index contributed by atoms with van der Waals surface area (Å²) in [6.07, 6.45) is -2.53. The Morgan fingerprint density at radius 3 is 2.71 bits per heavy atom. The van der Waals surface area contributed by atoms with Crippen molar-refractivity contribution in [1.29, 1.82) is 0 Å². The molecule has 76 valence electrons. The van der Waals surface area contributed by atoms with Crippen LogP contribution in [-0.2, 0) is 0 Å². The summed E-state index contributed by atoms with van der Waals surface area (Å²) in [5.74, 6) is -0.293. The van der Waals surface area contributed by atoms with E-state index in [4.69, 9.17) is 5.73 Å².